The van der Waals surface area contributed by atoms with E-state index in [9.17, 15) is 0 Å². The average Bonchev–Trinajstić information content (AvgIpc) is 2.26. The first-order valence-corrected chi connectivity index (χ1v) is 4.24. The monoisotopic (exact) mass is 192 g/mol. The van der Waals surface area contributed by atoms with Crippen molar-refractivity contribution in [3.05, 3.63) is 29.8 Å². The first-order chi connectivity index (χ1) is 6.76. The fraction of sp³-hybridized carbons (Fsp3) is 0.300. The second-order valence-corrected chi connectivity index (χ2v) is 2.85. The van der Waals surface area contributed by atoms with Gasteiger partial charge in [0, 0.05) is 0 Å². The summed E-state index contributed by atoms with van der Waals surface area (Å²) in [4.78, 5) is 0. The van der Waals surface area contributed by atoms with E-state index in [1.807, 2.05) is 6.07 Å². The topological polar surface area (TPSA) is 79.3 Å². The molecule has 1 rings (SSSR count). The van der Waals surface area contributed by atoms with E-state index in [-0.39, 0.29) is 13.2 Å². The smallest absolute Gasteiger partial charge is 0.127 e. The van der Waals surface area contributed by atoms with Crippen molar-refractivity contribution in [2.75, 3.05) is 6.61 Å². The van der Waals surface area contributed by atoms with Gasteiger partial charge in [-0.3, -0.25) is 0 Å². The van der Waals surface area contributed by atoms with E-state index >= 15 is 0 Å². The van der Waals surface area contributed by atoms with Gasteiger partial charge in [0.05, 0.1) is 12.7 Å². The molecule has 0 saturated carbocycles. The van der Waals surface area contributed by atoms with Crippen LogP contribution in [0.15, 0.2) is 24.3 Å². The van der Waals surface area contributed by atoms with E-state index in [0.717, 1.165) is 5.56 Å². The molecule has 1 unspecified atom stereocenters. The minimum Gasteiger partial charge on any atom is -0.491 e. The van der Waals surface area contributed by atoms with Gasteiger partial charge in [-0.1, -0.05) is 12.1 Å². The number of nitrogens with two attached hydrogens (primary N) is 1. The van der Waals surface area contributed by atoms with Gasteiger partial charge in [-0.25, -0.2) is 0 Å². The Labute approximate surface area is 82.5 Å². The Morgan fingerprint density at radius 2 is 2.07 bits per heavy atom. The number of hydrogen-bond acceptors (Lipinski definition) is 4. The van der Waals surface area contributed by atoms with Gasteiger partial charge in [0.25, 0.3) is 0 Å². The van der Waals surface area contributed by atoms with Crippen LogP contribution in [0.5, 0.6) is 5.75 Å². The third-order valence-electron chi connectivity index (χ3n) is 1.70. The lowest BCUT2D eigenvalue weighted by Gasteiger charge is -2.07. The zero-order valence-electron chi connectivity index (χ0n) is 7.68. The van der Waals surface area contributed by atoms with Crippen LogP contribution in [0.1, 0.15) is 5.56 Å². The maximum absolute atomic E-state index is 8.78. The van der Waals surface area contributed by atoms with Crippen LogP contribution in [0, 0.1) is 11.3 Å². The number of aliphatic hydroxyl groups excluding tert-OH is 1. The second kappa shape index (κ2) is 5.22. The molecule has 0 spiro atoms. The third-order valence-corrected chi connectivity index (χ3v) is 1.70. The number of aliphatic hydroxyl groups is 1. The lowest BCUT2D eigenvalue weighted by molar-refractivity contribution is 0.281. The SMILES string of the molecule is N#CC(N)COc1ccc(CO)cc1. The molecule has 0 heterocycles. The van der Waals surface area contributed by atoms with E-state index in [4.69, 9.17) is 20.8 Å². The molecule has 14 heavy (non-hydrogen) atoms. The molecule has 0 aliphatic rings. The summed E-state index contributed by atoms with van der Waals surface area (Å²) < 4.78 is 5.23. The minimum atomic E-state index is -0.604. The molecule has 0 saturated heterocycles. The quantitative estimate of drug-likeness (QED) is 0.724. The number of nitriles is 1. The molecule has 74 valence electrons. The highest BCUT2D eigenvalue weighted by Gasteiger charge is 2.00. The molecule has 0 aliphatic carbocycles. The molecule has 4 nitrogen and oxygen atoms in total. The summed E-state index contributed by atoms with van der Waals surface area (Å²) in [5.74, 6) is 0.646. The van der Waals surface area contributed by atoms with E-state index in [2.05, 4.69) is 0 Å². The van der Waals surface area contributed by atoms with Crippen LogP contribution in [0.25, 0.3) is 0 Å². The summed E-state index contributed by atoms with van der Waals surface area (Å²) in [5.41, 5.74) is 6.17. The van der Waals surface area contributed by atoms with Crippen molar-refractivity contribution in [3.63, 3.8) is 0 Å². The molecule has 0 amide bonds. The highest BCUT2D eigenvalue weighted by atomic mass is 16.5. The van der Waals surface area contributed by atoms with Crippen molar-refractivity contribution in [2.24, 2.45) is 5.73 Å². The predicted octanol–water partition coefficient (Wildman–Crippen LogP) is 0.409. The van der Waals surface area contributed by atoms with Crippen molar-refractivity contribution < 1.29 is 9.84 Å². The number of ether oxygens (including phenoxy) is 1. The molecule has 3 N–H and O–H groups in total. The Hall–Kier alpha value is -1.57. The van der Waals surface area contributed by atoms with Crippen LogP contribution in [-0.2, 0) is 6.61 Å². The maximum Gasteiger partial charge on any atom is 0.127 e. The van der Waals surface area contributed by atoms with Gasteiger partial charge < -0.3 is 15.6 Å². The normalized spacial score (nSPS) is 11.8. The van der Waals surface area contributed by atoms with Crippen molar-refractivity contribution >= 4 is 0 Å². The molecule has 0 bridgehead atoms. The Kier molecular flexibility index (Phi) is 3.92. The number of rotatable bonds is 4. The van der Waals surface area contributed by atoms with Gasteiger partial charge in [-0.05, 0) is 17.7 Å². The van der Waals surface area contributed by atoms with Crippen molar-refractivity contribution in [2.45, 2.75) is 12.6 Å². The summed E-state index contributed by atoms with van der Waals surface area (Å²) in [6.45, 7) is 0.187. The molecule has 4 heteroatoms. The number of benzene rings is 1. The summed E-state index contributed by atoms with van der Waals surface area (Å²) in [6.07, 6.45) is 0. The molecule has 1 aromatic carbocycles. The first kappa shape index (κ1) is 10.5. The molecule has 1 atom stereocenters. The molecular formula is C10H12N2O2. The predicted molar refractivity (Wildman–Crippen MR) is 51.4 cm³/mol. The fourth-order valence-corrected chi connectivity index (χ4v) is 0.914. The molecule has 0 radical (unpaired) electrons. The van der Waals surface area contributed by atoms with Crippen LogP contribution >= 0.6 is 0 Å². The van der Waals surface area contributed by atoms with Crippen LogP contribution in [0.3, 0.4) is 0 Å². The number of nitrogens with zero attached hydrogens (tertiary/aromatic N) is 1. The van der Waals surface area contributed by atoms with E-state index in [0.29, 0.717) is 5.75 Å². The van der Waals surface area contributed by atoms with Crippen LogP contribution in [0.2, 0.25) is 0 Å². The second-order valence-electron chi connectivity index (χ2n) is 2.85. The summed E-state index contributed by atoms with van der Waals surface area (Å²) >= 11 is 0. The van der Waals surface area contributed by atoms with Crippen molar-refractivity contribution in [1.29, 1.82) is 5.26 Å². The van der Waals surface area contributed by atoms with Crippen LogP contribution in [-0.4, -0.2) is 17.8 Å². The summed E-state index contributed by atoms with van der Waals surface area (Å²) in [5, 5.41) is 17.2. The van der Waals surface area contributed by atoms with E-state index in [1.165, 1.54) is 0 Å². The average molecular weight is 192 g/mol. The minimum absolute atomic E-state index is 0.0119. The molecule has 0 aromatic heterocycles. The summed E-state index contributed by atoms with van der Waals surface area (Å²) in [6, 6.07) is 8.24. The van der Waals surface area contributed by atoms with E-state index in [1.54, 1.807) is 24.3 Å². The highest BCUT2D eigenvalue weighted by molar-refractivity contribution is 5.26. The van der Waals surface area contributed by atoms with Crippen molar-refractivity contribution in [3.8, 4) is 11.8 Å². The van der Waals surface area contributed by atoms with Crippen LogP contribution in [0.4, 0.5) is 0 Å². The first-order valence-electron chi connectivity index (χ1n) is 4.24. The molecule has 1 aromatic rings. The fourth-order valence-electron chi connectivity index (χ4n) is 0.914. The standard InChI is InChI=1S/C10H12N2O2/c11-5-9(12)7-14-10-3-1-8(6-13)2-4-10/h1-4,9,13H,6-7,12H2. The Morgan fingerprint density at radius 1 is 1.43 bits per heavy atom. The molecule has 0 aliphatic heterocycles. The maximum atomic E-state index is 8.78. The van der Waals surface area contributed by atoms with Gasteiger partial charge >= 0.3 is 0 Å². The Balaban J connectivity index is 2.48. The molecular weight excluding hydrogens is 180 g/mol. The Morgan fingerprint density at radius 3 is 2.57 bits per heavy atom. The largest absolute Gasteiger partial charge is 0.491 e. The van der Waals surface area contributed by atoms with Gasteiger partial charge in [0.15, 0.2) is 0 Å². The van der Waals surface area contributed by atoms with Gasteiger partial charge in [0.1, 0.15) is 18.4 Å². The zero-order chi connectivity index (χ0) is 10.4. The van der Waals surface area contributed by atoms with Crippen molar-refractivity contribution in [1.82, 2.24) is 0 Å². The number of hydrogen-bond donors (Lipinski definition) is 2. The lowest BCUT2D eigenvalue weighted by Crippen LogP contribution is -2.25. The highest BCUT2D eigenvalue weighted by Crippen LogP contribution is 2.11. The van der Waals surface area contributed by atoms with Gasteiger partial charge in [-0.15, -0.1) is 0 Å². The van der Waals surface area contributed by atoms with Gasteiger partial charge in [0.2, 0.25) is 0 Å². The van der Waals surface area contributed by atoms with Gasteiger partial charge in [-0.2, -0.15) is 5.26 Å². The zero-order valence-corrected chi connectivity index (χ0v) is 7.68. The van der Waals surface area contributed by atoms with Crippen LogP contribution < -0.4 is 10.5 Å². The third kappa shape index (κ3) is 3.05. The Bertz CT molecular complexity index is 316. The molecule has 0 fully saturated rings. The lowest BCUT2D eigenvalue weighted by atomic mass is 10.2. The summed E-state index contributed by atoms with van der Waals surface area (Å²) in [7, 11) is 0. The van der Waals surface area contributed by atoms with E-state index < -0.39 is 6.04 Å².